The van der Waals surface area contributed by atoms with E-state index in [0.29, 0.717) is 18.8 Å². The molecule has 1 aliphatic rings. The van der Waals surface area contributed by atoms with Gasteiger partial charge in [0, 0.05) is 37.4 Å². The van der Waals surface area contributed by atoms with Crippen molar-refractivity contribution in [1.82, 2.24) is 9.88 Å². The van der Waals surface area contributed by atoms with Crippen LogP contribution in [0.1, 0.15) is 89.3 Å². The molecule has 8 nitrogen and oxygen atoms in total. The molecule has 2 heterocycles. The maximum atomic E-state index is 12.7. The Balaban J connectivity index is 0.00000108. The molecule has 1 atom stereocenters. The van der Waals surface area contributed by atoms with Gasteiger partial charge in [-0.1, -0.05) is 51.0 Å². The van der Waals surface area contributed by atoms with Gasteiger partial charge in [-0.3, -0.25) is 4.79 Å². The summed E-state index contributed by atoms with van der Waals surface area (Å²) >= 11 is 0. The second-order valence-corrected chi connectivity index (χ2v) is 12.1. The lowest BCUT2D eigenvalue weighted by Gasteiger charge is -2.34. The van der Waals surface area contributed by atoms with Gasteiger partial charge in [0.2, 0.25) is 5.91 Å². The fourth-order valence-corrected chi connectivity index (χ4v) is 4.37. The summed E-state index contributed by atoms with van der Waals surface area (Å²) in [5, 5.41) is 9.67. The first-order valence-electron chi connectivity index (χ1n) is 14.6. The third-order valence-corrected chi connectivity index (χ3v) is 6.39. The first-order valence-corrected chi connectivity index (χ1v) is 14.6. The SMILES string of the molecule is C/C=C/C=C/C(=O)N1Cc2cc(OCCc3nc(CCCCC(C)C)oc3C)ccc2C[C@H]1C(=O)O.CC(C)(C)N. The zero-order valence-electron chi connectivity index (χ0n) is 25.9. The van der Waals surface area contributed by atoms with Crippen LogP contribution in [0.2, 0.25) is 0 Å². The molecule has 8 heteroatoms. The number of carboxylic acid groups (broad SMARTS) is 1. The molecular weight excluding hydrogens is 518 g/mol. The van der Waals surface area contributed by atoms with Gasteiger partial charge in [0.25, 0.3) is 0 Å². The number of unbranched alkanes of at least 4 members (excludes halogenated alkanes) is 1. The highest BCUT2D eigenvalue weighted by Crippen LogP contribution is 2.28. The number of hydrogen-bond donors (Lipinski definition) is 2. The molecular formula is C33H49N3O5. The smallest absolute Gasteiger partial charge is 0.326 e. The monoisotopic (exact) mass is 567 g/mol. The predicted molar refractivity (Wildman–Crippen MR) is 163 cm³/mol. The van der Waals surface area contributed by atoms with Crippen LogP contribution in [0.5, 0.6) is 5.75 Å². The second kappa shape index (κ2) is 16.2. The molecule has 1 aromatic carbocycles. The van der Waals surface area contributed by atoms with E-state index in [2.05, 4.69) is 18.8 Å². The van der Waals surface area contributed by atoms with Gasteiger partial charge < -0.3 is 24.9 Å². The highest BCUT2D eigenvalue weighted by Gasteiger charge is 2.33. The van der Waals surface area contributed by atoms with E-state index in [0.717, 1.165) is 47.2 Å². The molecule has 2 aromatic rings. The quantitative estimate of drug-likeness (QED) is 0.178. The van der Waals surface area contributed by atoms with Crippen LogP contribution in [-0.4, -0.2) is 45.1 Å². The fraction of sp³-hybridized carbons (Fsp3) is 0.545. The third kappa shape index (κ3) is 12.3. The molecule has 1 amide bonds. The van der Waals surface area contributed by atoms with E-state index in [1.165, 1.54) is 23.8 Å². The number of nitrogens with two attached hydrogens (primary N) is 1. The van der Waals surface area contributed by atoms with Crippen molar-refractivity contribution in [3.05, 3.63) is 71.0 Å². The molecule has 0 spiro atoms. The van der Waals surface area contributed by atoms with Crippen molar-refractivity contribution in [1.29, 1.82) is 0 Å². The van der Waals surface area contributed by atoms with Gasteiger partial charge in [-0.2, -0.15) is 0 Å². The average Bonchev–Trinajstić information content (AvgIpc) is 3.23. The number of fused-ring (bicyclic) bond motifs is 1. The number of benzene rings is 1. The minimum atomic E-state index is -1.00. The van der Waals surface area contributed by atoms with Crippen LogP contribution in [0.25, 0.3) is 0 Å². The van der Waals surface area contributed by atoms with Gasteiger partial charge in [-0.05, 0) is 70.2 Å². The van der Waals surface area contributed by atoms with Gasteiger partial charge >= 0.3 is 5.97 Å². The summed E-state index contributed by atoms with van der Waals surface area (Å²) in [5.41, 5.74) is 8.10. The maximum absolute atomic E-state index is 12.7. The Bertz CT molecular complexity index is 1180. The van der Waals surface area contributed by atoms with Crippen LogP contribution >= 0.6 is 0 Å². The van der Waals surface area contributed by atoms with Crippen molar-refractivity contribution in [2.24, 2.45) is 11.7 Å². The van der Waals surface area contributed by atoms with Crippen molar-refractivity contribution in [2.45, 2.75) is 105 Å². The lowest BCUT2D eigenvalue weighted by atomic mass is 9.93. The van der Waals surface area contributed by atoms with Gasteiger partial charge in [0.05, 0.1) is 12.3 Å². The Morgan fingerprint density at radius 1 is 1.20 bits per heavy atom. The topological polar surface area (TPSA) is 119 Å². The molecule has 1 aliphatic heterocycles. The van der Waals surface area contributed by atoms with Crippen molar-refractivity contribution in [2.75, 3.05) is 6.61 Å². The van der Waals surface area contributed by atoms with E-state index < -0.39 is 12.0 Å². The largest absolute Gasteiger partial charge is 0.493 e. The number of carbonyl (C=O) groups is 2. The Kier molecular flexibility index (Phi) is 13.3. The highest BCUT2D eigenvalue weighted by atomic mass is 16.5. The zero-order chi connectivity index (χ0) is 30.6. The normalized spacial score (nSPS) is 15.2. The van der Waals surface area contributed by atoms with E-state index in [1.54, 1.807) is 12.2 Å². The fourth-order valence-electron chi connectivity index (χ4n) is 4.37. The van der Waals surface area contributed by atoms with Crippen LogP contribution in [0.3, 0.4) is 0 Å². The molecule has 0 bridgehead atoms. The highest BCUT2D eigenvalue weighted by molar-refractivity contribution is 5.92. The standard InChI is InChI=1S/C29H38N2O5.C4H11N/c1-5-6-7-12-28(32)31-19-23-17-24(14-13-22(23)18-26(31)29(33)34)35-16-15-25-21(4)36-27(30-25)11-9-8-10-20(2)3;1-4(2,3)5/h5-7,12-14,17,20,26H,8-11,15-16,18-19H2,1-4H3,(H,33,34);5H2,1-3H3/b6-5+,12-7+;/t26-;/m0./s1. The molecule has 3 N–H and O–H groups in total. The van der Waals surface area contributed by atoms with Gasteiger partial charge in [-0.25, -0.2) is 9.78 Å². The number of hydrogen-bond acceptors (Lipinski definition) is 6. The van der Waals surface area contributed by atoms with Crippen LogP contribution in [0, 0.1) is 12.8 Å². The summed E-state index contributed by atoms with van der Waals surface area (Å²) in [6.45, 7) is 14.8. The number of allylic oxidation sites excluding steroid dienone is 3. The Labute approximate surface area is 245 Å². The van der Waals surface area contributed by atoms with Gasteiger partial charge in [0.15, 0.2) is 5.89 Å². The Morgan fingerprint density at radius 3 is 2.54 bits per heavy atom. The molecule has 0 fully saturated rings. The molecule has 0 radical (unpaired) electrons. The zero-order valence-corrected chi connectivity index (χ0v) is 25.9. The lowest BCUT2D eigenvalue weighted by Crippen LogP contribution is -2.48. The second-order valence-electron chi connectivity index (χ2n) is 12.1. The van der Waals surface area contributed by atoms with Crippen molar-refractivity contribution in [3.8, 4) is 5.75 Å². The summed E-state index contributed by atoms with van der Waals surface area (Å²) in [6, 6.07) is 4.77. The summed E-state index contributed by atoms with van der Waals surface area (Å²) < 4.78 is 11.8. The number of carboxylic acids is 1. The van der Waals surface area contributed by atoms with Crippen LogP contribution in [0.4, 0.5) is 0 Å². The summed E-state index contributed by atoms with van der Waals surface area (Å²) in [5.74, 6) is 1.71. The van der Waals surface area contributed by atoms with Crippen molar-refractivity contribution >= 4 is 11.9 Å². The Morgan fingerprint density at radius 2 is 1.90 bits per heavy atom. The average molecular weight is 568 g/mol. The summed E-state index contributed by atoms with van der Waals surface area (Å²) in [7, 11) is 0. The number of nitrogens with zero attached hydrogens (tertiary/aromatic N) is 2. The minimum absolute atomic E-state index is 0. The van der Waals surface area contributed by atoms with Crippen LogP contribution < -0.4 is 10.5 Å². The number of aliphatic carboxylic acids is 1. The third-order valence-electron chi connectivity index (χ3n) is 6.39. The van der Waals surface area contributed by atoms with E-state index in [-0.39, 0.29) is 24.4 Å². The number of aromatic nitrogens is 1. The first kappa shape index (κ1) is 33.8. The first-order chi connectivity index (χ1) is 19.3. The Hall–Kier alpha value is -3.39. The molecule has 3 rings (SSSR count). The van der Waals surface area contributed by atoms with E-state index in [1.807, 2.05) is 58.9 Å². The van der Waals surface area contributed by atoms with E-state index >= 15 is 0 Å². The number of ether oxygens (including phenoxy) is 1. The summed E-state index contributed by atoms with van der Waals surface area (Å²) in [4.78, 5) is 30.5. The van der Waals surface area contributed by atoms with Crippen LogP contribution in [-0.2, 0) is 35.4 Å². The number of rotatable bonds is 12. The number of aryl methyl sites for hydroxylation is 2. The molecule has 0 unspecified atom stereocenters. The molecule has 226 valence electrons. The molecule has 41 heavy (non-hydrogen) atoms. The van der Waals surface area contributed by atoms with Crippen LogP contribution in [0.15, 0.2) is 46.9 Å². The predicted octanol–water partition coefficient (Wildman–Crippen LogP) is 6.19. The minimum Gasteiger partial charge on any atom is -0.493 e. The number of oxazole rings is 1. The van der Waals surface area contributed by atoms with Crippen molar-refractivity contribution < 1.29 is 23.8 Å². The number of amides is 1. The molecule has 0 saturated heterocycles. The van der Waals surface area contributed by atoms with Gasteiger partial charge in [-0.15, -0.1) is 0 Å². The lowest BCUT2D eigenvalue weighted by molar-refractivity contribution is -0.149. The van der Waals surface area contributed by atoms with Gasteiger partial charge in [0.1, 0.15) is 17.6 Å². The van der Waals surface area contributed by atoms with Crippen molar-refractivity contribution in [3.63, 3.8) is 0 Å². The molecule has 0 aliphatic carbocycles. The van der Waals surface area contributed by atoms with E-state index in [9.17, 15) is 14.7 Å². The summed E-state index contributed by atoms with van der Waals surface area (Å²) in [6.07, 6.45) is 11.8. The molecule has 1 aromatic heterocycles. The number of carbonyl (C=O) groups excluding carboxylic acids is 1. The van der Waals surface area contributed by atoms with E-state index in [4.69, 9.17) is 14.9 Å². The maximum Gasteiger partial charge on any atom is 0.326 e. The molecule has 0 saturated carbocycles.